The topological polar surface area (TPSA) is 75.2 Å². The smallest absolute Gasteiger partial charge is 0.254 e. The van der Waals surface area contributed by atoms with E-state index in [1.807, 2.05) is 43.3 Å². The number of benzene rings is 1. The first-order chi connectivity index (χ1) is 14.1. The van der Waals surface area contributed by atoms with E-state index in [1.165, 1.54) is 11.8 Å². The second kappa shape index (κ2) is 8.45. The molecule has 0 radical (unpaired) electrons. The summed E-state index contributed by atoms with van der Waals surface area (Å²) in [4.78, 5) is 36.3. The number of nitrogens with one attached hydrogen (secondary N) is 1. The molecule has 7 heteroatoms. The fourth-order valence-electron chi connectivity index (χ4n) is 3.14. The summed E-state index contributed by atoms with van der Waals surface area (Å²) < 4.78 is 0. The molecule has 3 aromatic rings. The van der Waals surface area contributed by atoms with E-state index in [2.05, 4.69) is 15.3 Å². The molecule has 0 fully saturated rings. The van der Waals surface area contributed by atoms with Gasteiger partial charge in [-0.05, 0) is 54.4 Å². The van der Waals surface area contributed by atoms with Crippen LogP contribution in [0, 0.1) is 0 Å². The molecule has 1 aliphatic heterocycles. The maximum atomic E-state index is 13.4. The first-order valence-electron chi connectivity index (χ1n) is 9.29. The molecule has 1 unspecified atom stereocenters. The van der Waals surface area contributed by atoms with Crippen molar-refractivity contribution in [3.63, 3.8) is 0 Å². The van der Waals surface area contributed by atoms with Crippen molar-refractivity contribution in [1.82, 2.24) is 14.9 Å². The SMILES string of the molecule is CC1Sc2ccc(C(=O)N(Cc3ccncc3)Cc3cccnc3)cc2NC1=O. The molecular weight excluding hydrogens is 384 g/mol. The summed E-state index contributed by atoms with van der Waals surface area (Å²) >= 11 is 1.50. The summed E-state index contributed by atoms with van der Waals surface area (Å²) in [6, 6.07) is 13.1. The van der Waals surface area contributed by atoms with E-state index >= 15 is 0 Å². The first-order valence-corrected chi connectivity index (χ1v) is 10.2. The molecule has 1 atom stereocenters. The van der Waals surface area contributed by atoms with Crippen molar-refractivity contribution in [2.45, 2.75) is 30.2 Å². The molecule has 6 nitrogen and oxygen atoms in total. The molecule has 0 saturated carbocycles. The number of anilines is 1. The molecule has 0 spiro atoms. The van der Waals surface area contributed by atoms with Crippen molar-refractivity contribution in [2.24, 2.45) is 0 Å². The average Bonchev–Trinajstić information content (AvgIpc) is 2.75. The van der Waals surface area contributed by atoms with E-state index in [9.17, 15) is 9.59 Å². The van der Waals surface area contributed by atoms with Crippen molar-refractivity contribution in [3.05, 3.63) is 83.9 Å². The Bertz CT molecular complexity index is 986. The second-order valence-corrected chi connectivity index (χ2v) is 8.22. The summed E-state index contributed by atoms with van der Waals surface area (Å²) in [6.07, 6.45) is 6.91. The number of hydrogen-bond donors (Lipinski definition) is 1. The van der Waals surface area contributed by atoms with Crippen molar-refractivity contribution in [3.8, 4) is 0 Å². The quantitative estimate of drug-likeness (QED) is 0.701. The molecule has 1 aromatic carbocycles. The molecule has 146 valence electrons. The highest BCUT2D eigenvalue weighted by atomic mass is 32.2. The van der Waals surface area contributed by atoms with Gasteiger partial charge < -0.3 is 10.2 Å². The van der Waals surface area contributed by atoms with Gasteiger partial charge in [0, 0.05) is 48.3 Å². The summed E-state index contributed by atoms with van der Waals surface area (Å²) in [7, 11) is 0. The van der Waals surface area contributed by atoms with Crippen LogP contribution in [0.1, 0.15) is 28.4 Å². The molecule has 2 amide bonds. The van der Waals surface area contributed by atoms with E-state index in [0.717, 1.165) is 16.0 Å². The molecular formula is C22H20N4O2S. The minimum absolute atomic E-state index is 0.0453. The predicted octanol–water partition coefficient (Wildman–Crippen LogP) is 3.75. The van der Waals surface area contributed by atoms with Crippen LogP contribution in [0.25, 0.3) is 0 Å². The zero-order chi connectivity index (χ0) is 20.2. The number of nitrogens with zero attached hydrogens (tertiary/aromatic N) is 3. The molecule has 29 heavy (non-hydrogen) atoms. The van der Waals surface area contributed by atoms with Crippen molar-refractivity contribution in [2.75, 3.05) is 5.32 Å². The largest absolute Gasteiger partial charge is 0.330 e. The van der Waals surface area contributed by atoms with Crippen molar-refractivity contribution in [1.29, 1.82) is 0 Å². The standard InChI is InChI=1S/C22H20N4O2S/c1-15-21(27)25-19-11-18(4-5-20(19)29-15)22(28)26(13-16-6-9-23-10-7-16)14-17-3-2-8-24-12-17/h2-12,15H,13-14H2,1H3,(H,25,27). The fraction of sp³-hybridized carbons (Fsp3) is 0.182. The summed E-state index contributed by atoms with van der Waals surface area (Å²) in [5, 5.41) is 2.75. The van der Waals surface area contributed by atoms with Crippen LogP contribution in [0.15, 0.2) is 72.1 Å². The number of hydrogen-bond acceptors (Lipinski definition) is 5. The van der Waals surface area contributed by atoms with Gasteiger partial charge in [-0.15, -0.1) is 11.8 Å². The van der Waals surface area contributed by atoms with E-state index in [-0.39, 0.29) is 17.1 Å². The van der Waals surface area contributed by atoms with Gasteiger partial charge in [0.2, 0.25) is 5.91 Å². The number of carbonyl (C=O) groups excluding carboxylic acids is 2. The second-order valence-electron chi connectivity index (χ2n) is 6.84. The normalized spacial score (nSPS) is 15.3. The number of aromatic nitrogens is 2. The zero-order valence-corrected chi connectivity index (χ0v) is 16.7. The fourth-order valence-corrected chi connectivity index (χ4v) is 4.07. The highest BCUT2D eigenvalue weighted by molar-refractivity contribution is 8.00. The van der Waals surface area contributed by atoms with Gasteiger partial charge in [0.1, 0.15) is 0 Å². The Kier molecular flexibility index (Phi) is 5.57. The van der Waals surface area contributed by atoms with Gasteiger partial charge in [0.15, 0.2) is 0 Å². The molecule has 0 bridgehead atoms. The minimum atomic E-state index is -0.141. The van der Waals surface area contributed by atoms with Gasteiger partial charge in [0.05, 0.1) is 10.9 Å². The number of thioether (sulfide) groups is 1. The minimum Gasteiger partial charge on any atom is -0.330 e. The lowest BCUT2D eigenvalue weighted by Crippen LogP contribution is -2.31. The third-order valence-electron chi connectivity index (χ3n) is 4.66. The Labute approximate surface area is 173 Å². The van der Waals surface area contributed by atoms with Crippen molar-refractivity contribution >= 4 is 29.3 Å². The zero-order valence-electron chi connectivity index (χ0n) is 15.9. The Morgan fingerprint density at radius 3 is 2.62 bits per heavy atom. The number of fused-ring (bicyclic) bond motifs is 1. The lowest BCUT2D eigenvalue weighted by Gasteiger charge is -2.25. The Balaban J connectivity index is 1.62. The molecule has 1 N–H and O–H groups in total. The van der Waals surface area contributed by atoms with Crippen LogP contribution in [0.5, 0.6) is 0 Å². The highest BCUT2D eigenvalue weighted by Gasteiger charge is 2.25. The number of rotatable bonds is 5. The van der Waals surface area contributed by atoms with Gasteiger partial charge >= 0.3 is 0 Å². The third-order valence-corrected chi connectivity index (χ3v) is 5.84. The summed E-state index contributed by atoms with van der Waals surface area (Å²) in [5.41, 5.74) is 3.17. The number of pyridine rings is 2. The Morgan fingerprint density at radius 2 is 1.86 bits per heavy atom. The molecule has 3 heterocycles. The van der Waals surface area contributed by atoms with Gasteiger partial charge in [0.25, 0.3) is 5.91 Å². The third kappa shape index (κ3) is 4.46. The van der Waals surface area contributed by atoms with Gasteiger partial charge in [-0.25, -0.2) is 0 Å². The summed E-state index contributed by atoms with van der Waals surface area (Å²) in [6.45, 7) is 2.75. The van der Waals surface area contributed by atoms with E-state index in [0.29, 0.717) is 24.3 Å². The maximum absolute atomic E-state index is 13.4. The number of carbonyl (C=O) groups is 2. The predicted molar refractivity (Wildman–Crippen MR) is 112 cm³/mol. The summed E-state index contributed by atoms with van der Waals surface area (Å²) in [5.74, 6) is -0.151. The molecule has 0 aliphatic carbocycles. The molecule has 0 saturated heterocycles. The van der Waals surface area contributed by atoms with Crippen molar-refractivity contribution < 1.29 is 9.59 Å². The number of amides is 2. The van der Waals surface area contributed by atoms with Gasteiger partial charge in [-0.1, -0.05) is 6.07 Å². The molecule has 2 aromatic heterocycles. The molecule has 1 aliphatic rings. The van der Waals surface area contributed by atoms with Crippen LogP contribution >= 0.6 is 11.8 Å². The molecule has 4 rings (SSSR count). The maximum Gasteiger partial charge on any atom is 0.254 e. The lowest BCUT2D eigenvalue weighted by molar-refractivity contribution is -0.115. The monoisotopic (exact) mass is 404 g/mol. The average molecular weight is 404 g/mol. The van der Waals surface area contributed by atoms with Crippen LogP contribution in [0.4, 0.5) is 5.69 Å². The van der Waals surface area contributed by atoms with Gasteiger partial charge in [-0.3, -0.25) is 19.6 Å². The van der Waals surface area contributed by atoms with Crippen LogP contribution in [0.3, 0.4) is 0 Å². The van der Waals surface area contributed by atoms with E-state index in [4.69, 9.17) is 0 Å². The van der Waals surface area contributed by atoms with Crippen LogP contribution < -0.4 is 5.32 Å². The Hall–Kier alpha value is -3.19. The van der Waals surface area contributed by atoms with Crippen LogP contribution in [0.2, 0.25) is 0 Å². The van der Waals surface area contributed by atoms with E-state index < -0.39 is 0 Å². The van der Waals surface area contributed by atoms with E-state index in [1.54, 1.807) is 35.8 Å². The lowest BCUT2D eigenvalue weighted by atomic mass is 10.1. The van der Waals surface area contributed by atoms with Crippen LogP contribution in [-0.2, 0) is 17.9 Å². The Morgan fingerprint density at radius 1 is 1.07 bits per heavy atom. The first kappa shape index (κ1) is 19.1. The van der Waals surface area contributed by atoms with Gasteiger partial charge in [-0.2, -0.15) is 0 Å². The van der Waals surface area contributed by atoms with Crippen LogP contribution in [-0.4, -0.2) is 31.9 Å². The highest BCUT2D eigenvalue weighted by Crippen LogP contribution is 2.36.